The minimum absolute atomic E-state index is 0.370. The van der Waals surface area contributed by atoms with Gasteiger partial charge in [0, 0.05) is 19.6 Å². The number of nitrogens with zero attached hydrogens (tertiary/aromatic N) is 1. The number of unbranched alkanes of at least 4 members (excludes halogenated alkanes) is 1. The van der Waals surface area contributed by atoms with Crippen molar-refractivity contribution in [2.24, 2.45) is 0 Å². The Morgan fingerprint density at radius 3 is 2.42 bits per heavy atom. The average Bonchev–Trinajstić information content (AvgIpc) is 2.40. The molecule has 19 heavy (non-hydrogen) atoms. The summed E-state index contributed by atoms with van der Waals surface area (Å²) in [5.41, 5.74) is 0.681. The van der Waals surface area contributed by atoms with E-state index in [0.717, 1.165) is 12.8 Å². The first-order chi connectivity index (χ1) is 9.07. The summed E-state index contributed by atoms with van der Waals surface area (Å²) in [5.74, 6) is 0. The van der Waals surface area contributed by atoms with E-state index >= 15 is 0 Å². The summed E-state index contributed by atoms with van der Waals surface area (Å²) >= 11 is 0. The fourth-order valence-electron chi connectivity index (χ4n) is 1.95. The molecule has 1 N–H and O–H groups in total. The van der Waals surface area contributed by atoms with Crippen molar-refractivity contribution in [3.63, 3.8) is 0 Å². The number of benzene rings is 1. The molecular weight excluding hydrogens is 260 g/mol. The molecule has 0 bridgehead atoms. The molecule has 1 rings (SSSR count). The summed E-state index contributed by atoms with van der Waals surface area (Å²) in [6, 6.07) is 7.09. The van der Waals surface area contributed by atoms with E-state index in [0.29, 0.717) is 30.2 Å². The lowest BCUT2D eigenvalue weighted by molar-refractivity contribution is 0.419. The Morgan fingerprint density at radius 2 is 1.84 bits per heavy atom. The monoisotopic (exact) mass is 284 g/mol. The standard InChI is InChI=1S/C14H24N2O2S/c1-4-7-12-16(6-3)19(17,18)14-11-9-8-10-13(14)15-5-2/h8-11,15H,4-7,12H2,1-3H3. The number of nitrogens with one attached hydrogen (secondary N) is 1. The molecule has 0 saturated carbocycles. The highest BCUT2D eigenvalue weighted by Gasteiger charge is 2.24. The van der Waals surface area contributed by atoms with Crippen molar-refractivity contribution in [3.05, 3.63) is 24.3 Å². The molecule has 5 heteroatoms. The van der Waals surface area contributed by atoms with E-state index in [1.807, 2.05) is 26.0 Å². The Bertz CT molecular complexity index is 486. The normalized spacial score (nSPS) is 11.8. The van der Waals surface area contributed by atoms with Crippen LogP contribution < -0.4 is 5.32 Å². The first kappa shape index (κ1) is 16.0. The molecule has 0 spiro atoms. The Morgan fingerprint density at radius 1 is 1.16 bits per heavy atom. The number of hydrogen-bond acceptors (Lipinski definition) is 3. The summed E-state index contributed by atoms with van der Waals surface area (Å²) < 4.78 is 26.8. The van der Waals surface area contributed by atoms with Gasteiger partial charge in [0.25, 0.3) is 0 Å². The number of rotatable bonds is 8. The van der Waals surface area contributed by atoms with Crippen LogP contribution in [0.2, 0.25) is 0 Å². The third kappa shape index (κ3) is 3.94. The van der Waals surface area contributed by atoms with Gasteiger partial charge in [-0.15, -0.1) is 0 Å². The molecule has 4 nitrogen and oxygen atoms in total. The highest BCUT2D eigenvalue weighted by molar-refractivity contribution is 7.89. The molecule has 0 amide bonds. The van der Waals surface area contributed by atoms with Crippen LogP contribution in [0, 0.1) is 0 Å². The molecule has 0 fully saturated rings. The van der Waals surface area contributed by atoms with Crippen LogP contribution in [-0.4, -0.2) is 32.4 Å². The van der Waals surface area contributed by atoms with Crippen molar-refractivity contribution in [2.45, 2.75) is 38.5 Å². The topological polar surface area (TPSA) is 49.4 Å². The third-order valence-electron chi connectivity index (χ3n) is 2.99. The maximum Gasteiger partial charge on any atom is 0.245 e. The fourth-order valence-corrected chi connectivity index (χ4v) is 3.61. The van der Waals surface area contributed by atoms with Crippen LogP contribution in [0.25, 0.3) is 0 Å². The average molecular weight is 284 g/mol. The molecule has 0 atom stereocenters. The van der Waals surface area contributed by atoms with E-state index in [1.54, 1.807) is 16.4 Å². The second-order valence-corrected chi connectivity index (χ2v) is 6.28. The smallest absolute Gasteiger partial charge is 0.245 e. The van der Waals surface area contributed by atoms with Crippen molar-refractivity contribution in [1.29, 1.82) is 0 Å². The van der Waals surface area contributed by atoms with Gasteiger partial charge in [-0.25, -0.2) is 8.42 Å². The summed E-state index contributed by atoms with van der Waals surface area (Å²) in [6.45, 7) is 7.68. The largest absolute Gasteiger partial charge is 0.384 e. The van der Waals surface area contributed by atoms with Crippen LogP contribution in [0.5, 0.6) is 0 Å². The minimum atomic E-state index is -3.41. The van der Waals surface area contributed by atoms with Crippen molar-refractivity contribution in [2.75, 3.05) is 25.0 Å². The Kier molecular flexibility index (Phi) is 6.31. The Hall–Kier alpha value is -1.07. The highest BCUT2D eigenvalue weighted by Crippen LogP contribution is 2.24. The van der Waals surface area contributed by atoms with E-state index in [-0.39, 0.29) is 0 Å². The second-order valence-electron chi connectivity index (χ2n) is 4.38. The Balaban J connectivity index is 3.10. The third-order valence-corrected chi connectivity index (χ3v) is 5.02. The van der Waals surface area contributed by atoms with Crippen molar-refractivity contribution in [3.8, 4) is 0 Å². The van der Waals surface area contributed by atoms with E-state index < -0.39 is 10.0 Å². The molecule has 108 valence electrons. The van der Waals surface area contributed by atoms with E-state index in [4.69, 9.17) is 0 Å². The van der Waals surface area contributed by atoms with Gasteiger partial charge in [0.2, 0.25) is 10.0 Å². The molecule has 0 aliphatic heterocycles. The summed E-state index contributed by atoms with van der Waals surface area (Å²) in [4.78, 5) is 0.370. The summed E-state index contributed by atoms with van der Waals surface area (Å²) in [6.07, 6.45) is 1.87. The van der Waals surface area contributed by atoms with E-state index in [1.165, 1.54) is 0 Å². The molecule has 0 saturated heterocycles. The molecule has 1 aromatic carbocycles. The fraction of sp³-hybridized carbons (Fsp3) is 0.571. The van der Waals surface area contributed by atoms with E-state index in [9.17, 15) is 8.42 Å². The zero-order chi connectivity index (χ0) is 14.3. The van der Waals surface area contributed by atoms with Gasteiger partial charge in [-0.05, 0) is 25.5 Å². The zero-order valence-electron chi connectivity index (χ0n) is 12.0. The summed E-state index contributed by atoms with van der Waals surface area (Å²) in [5, 5.41) is 3.11. The van der Waals surface area contributed by atoms with Crippen molar-refractivity contribution < 1.29 is 8.42 Å². The Labute approximate surface area is 116 Å². The molecule has 0 unspecified atom stereocenters. The SMILES string of the molecule is CCCCN(CC)S(=O)(=O)c1ccccc1NCC. The molecule has 0 radical (unpaired) electrons. The number of anilines is 1. The first-order valence-corrected chi connectivity index (χ1v) is 8.34. The van der Waals surface area contributed by atoms with Crippen LogP contribution in [0.4, 0.5) is 5.69 Å². The van der Waals surface area contributed by atoms with Crippen LogP contribution in [0.1, 0.15) is 33.6 Å². The van der Waals surface area contributed by atoms with Gasteiger partial charge in [-0.2, -0.15) is 4.31 Å². The minimum Gasteiger partial charge on any atom is -0.384 e. The van der Waals surface area contributed by atoms with Gasteiger partial charge in [0.1, 0.15) is 4.90 Å². The zero-order valence-corrected chi connectivity index (χ0v) is 12.8. The lowest BCUT2D eigenvalue weighted by atomic mass is 10.3. The number of para-hydroxylation sites is 1. The summed E-state index contributed by atoms with van der Waals surface area (Å²) in [7, 11) is -3.41. The second kappa shape index (κ2) is 7.50. The molecular formula is C14H24N2O2S. The molecule has 0 aromatic heterocycles. The molecule has 1 aromatic rings. The van der Waals surface area contributed by atoms with Crippen LogP contribution in [-0.2, 0) is 10.0 Å². The maximum absolute atomic E-state index is 12.7. The predicted molar refractivity (Wildman–Crippen MR) is 79.9 cm³/mol. The van der Waals surface area contributed by atoms with Crippen LogP contribution in [0.3, 0.4) is 0 Å². The highest BCUT2D eigenvalue weighted by atomic mass is 32.2. The van der Waals surface area contributed by atoms with Crippen LogP contribution in [0.15, 0.2) is 29.2 Å². The van der Waals surface area contributed by atoms with Gasteiger partial charge in [0.05, 0.1) is 5.69 Å². The van der Waals surface area contributed by atoms with Gasteiger partial charge < -0.3 is 5.32 Å². The van der Waals surface area contributed by atoms with Gasteiger partial charge >= 0.3 is 0 Å². The maximum atomic E-state index is 12.7. The predicted octanol–water partition coefficient (Wildman–Crippen LogP) is 2.93. The van der Waals surface area contributed by atoms with Crippen molar-refractivity contribution >= 4 is 15.7 Å². The van der Waals surface area contributed by atoms with Gasteiger partial charge in [0.15, 0.2) is 0 Å². The van der Waals surface area contributed by atoms with Crippen LogP contribution >= 0.6 is 0 Å². The first-order valence-electron chi connectivity index (χ1n) is 6.90. The van der Waals surface area contributed by atoms with Gasteiger partial charge in [-0.3, -0.25) is 0 Å². The number of hydrogen-bond donors (Lipinski definition) is 1. The molecule has 0 aliphatic carbocycles. The lowest BCUT2D eigenvalue weighted by Crippen LogP contribution is -2.32. The quantitative estimate of drug-likeness (QED) is 0.798. The lowest BCUT2D eigenvalue weighted by Gasteiger charge is -2.22. The van der Waals surface area contributed by atoms with E-state index in [2.05, 4.69) is 12.2 Å². The molecule has 0 heterocycles. The molecule has 0 aliphatic rings. The van der Waals surface area contributed by atoms with Crippen molar-refractivity contribution in [1.82, 2.24) is 4.31 Å². The number of sulfonamides is 1. The van der Waals surface area contributed by atoms with Gasteiger partial charge in [-0.1, -0.05) is 32.4 Å².